The fourth-order valence-electron chi connectivity index (χ4n) is 2.34. The predicted molar refractivity (Wildman–Crippen MR) is 82.4 cm³/mol. The molecule has 0 aliphatic heterocycles. The Morgan fingerprint density at radius 3 is 2.16 bits per heavy atom. The molecule has 19 heavy (non-hydrogen) atoms. The van der Waals surface area contributed by atoms with Gasteiger partial charge in [0.05, 0.1) is 0 Å². The lowest BCUT2D eigenvalue weighted by Crippen LogP contribution is -2.23. The van der Waals surface area contributed by atoms with Crippen molar-refractivity contribution in [2.75, 3.05) is 18.0 Å². The summed E-state index contributed by atoms with van der Waals surface area (Å²) in [5, 5.41) is 0. The van der Waals surface area contributed by atoms with Crippen LogP contribution in [-0.4, -0.2) is 13.1 Å². The van der Waals surface area contributed by atoms with Gasteiger partial charge < -0.3 is 10.6 Å². The minimum absolute atomic E-state index is 0.703. The van der Waals surface area contributed by atoms with E-state index in [1.165, 1.54) is 16.8 Å². The van der Waals surface area contributed by atoms with Gasteiger partial charge >= 0.3 is 0 Å². The van der Waals surface area contributed by atoms with Crippen LogP contribution in [0.1, 0.15) is 18.1 Å². The topological polar surface area (TPSA) is 29.3 Å². The van der Waals surface area contributed by atoms with E-state index in [1.54, 1.807) is 0 Å². The molecule has 0 unspecified atom stereocenters. The summed E-state index contributed by atoms with van der Waals surface area (Å²) >= 11 is 0. The van der Waals surface area contributed by atoms with Crippen LogP contribution in [0.15, 0.2) is 54.6 Å². The van der Waals surface area contributed by atoms with Crippen molar-refractivity contribution in [2.45, 2.75) is 19.9 Å². The zero-order chi connectivity index (χ0) is 13.5. The van der Waals surface area contributed by atoms with Crippen molar-refractivity contribution in [3.63, 3.8) is 0 Å². The van der Waals surface area contributed by atoms with Crippen LogP contribution in [-0.2, 0) is 13.0 Å². The van der Waals surface area contributed by atoms with Gasteiger partial charge in [-0.25, -0.2) is 0 Å². The number of nitrogens with two attached hydrogens (primary N) is 1. The first kappa shape index (κ1) is 13.6. The number of para-hydroxylation sites is 1. The minimum Gasteiger partial charge on any atom is -0.367 e. The first-order valence-corrected chi connectivity index (χ1v) is 6.92. The third-order valence-corrected chi connectivity index (χ3v) is 3.40. The molecule has 0 atom stereocenters. The second-order valence-electron chi connectivity index (χ2n) is 4.66. The Balaban J connectivity index is 2.19. The summed E-state index contributed by atoms with van der Waals surface area (Å²) < 4.78 is 0. The van der Waals surface area contributed by atoms with Crippen molar-refractivity contribution in [3.05, 3.63) is 65.7 Å². The summed E-state index contributed by atoms with van der Waals surface area (Å²) in [7, 11) is 0. The SMILES string of the molecule is CCN(Cc1ccccc1CCN)c1ccccc1. The molecule has 100 valence electrons. The van der Waals surface area contributed by atoms with E-state index < -0.39 is 0 Å². The molecule has 0 spiro atoms. The van der Waals surface area contributed by atoms with Crippen LogP contribution in [0.5, 0.6) is 0 Å². The Hall–Kier alpha value is -1.80. The van der Waals surface area contributed by atoms with Crippen molar-refractivity contribution < 1.29 is 0 Å². The van der Waals surface area contributed by atoms with Gasteiger partial charge in [-0.1, -0.05) is 42.5 Å². The monoisotopic (exact) mass is 254 g/mol. The summed E-state index contributed by atoms with van der Waals surface area (Å²) in [6.45, 7) is 4.84. The van der Waals surface area contributed by atoms with Gasteiger partial charge in [0.2, 0.25) is 0 Å². The zero-order valence-electron chi connectivity index (χ0n) is 11.5. The first-order valence-electron chi connectivity index (χ1n) is 6.92. The number of hydrogen-bond donors (Lipinski definition) is 1. The van der Waals surface area contributed by atoms with Crippen molar-refractivity contribution in [1.82, 2.24) is 0 Å². The van der Waals surface area contributed by atoms with Gasteiger partial charge in [-0.3, -0.25) is 0 Å². The molecule has 0 saturated carbocycles. The standard InChI is InChI=1S/C17H22N2/c1-2-19(17-10-4-3-5-11-17)14-16-9-7-6-8-15(16)12-13-18/h3-11H,2,12-14,18H2,1H3. The van der Waals surface area contributed by atoms with Gasteiger partial charge in [0.25, 0.3) is 0 Å². The third kappa shape index (κ3) is 3.58. The van der Waals surface area contributed by atoms with Crippen LogP contribution in [0, 0.1) is 0 Å². The van der Waals surface area contributed by atoms with E-state index >= 15 is 0 Å². The molecule has 0 bridgehead atoms. The first-order chi connectivity index (χ1) is 9.35. The van der Waals surface area contributed by atoms with Crippen LogP contribution < -0.4 is 10.6 Å². The van der Waals surface area contributed by atoms with Gasteiger partial charge in [0.1, 0.15) is 0 Å². The Kier molecular flexibility index (Phi) is 4.99. The van der Waals surface area contributed by atoms with Crippen LogP contribution >= 0.6 is 0 Å². The second kappa shape index (κ2) is 6.95. The summed E-state index contributed by atoms with van der Waals surface area (Å²) in [5.41, 5.74) is 9.70. The maximum absolute atomic E-state index is 5.69. The average molecular weight is 254 g/mol. The van der Waals surface area contributed by atoms with E-state index in [1.807, 2.05) is 0 Å². The summed E-state index contributed by atoms with van der Waals surface area (Å²) in [6, 6.07) is 19.1. The quantitative estimate of drug-likeness (QED) is 0.857. The molecule has 2 aromatic carbocycles. The largest absolute Gasteiger partial charge is 0.367 e. The van der Waals surface area contributed by atoms with Gasteiger partial charge in [-0.2, -0.15) is 0 Å². The predicted octanol–water partition coefficient (Wildman–Crippen LogP) is 3.21. The third-order valence-electron chi connectivity index (χ3n) is 3.40. The van der Waals surface area contributed by atoms with Crippen LogP contribution in [0.4, 0.5) is 5.69 Å². The number of benzene rings is 2. The van der Waals surface area contributed by atoms with Crippen molar-refractivity contribution in [3.8, 4) is 0 Å². The van der Waals surface area contributed by atoms with E-state index in [2.05, 4.69) is 66.4 Å². The van der Waals surface area contributed by atoms with E-state index in [4.69, 9.17) is 5.73 Å². The molecule has 2 aromatic rings. The summed E-state index contributed by atoms with van der Waals surface area (Å²) in [6.07, 6.45) is 0.947. The molecule has 0 radical (unpaired) electrons. The fraction of sp³-hybridized carbons (Fsp3) is 0.294. The lowest BCUT2D eigenvalue weighted by atomic mass is 10.0. The molecule has 0 aliphatic carbocycles. The number of anilines is 1. The van der Waals surface area contributed by atoms with Gasteiger partial charge in [0, 0.05) is 18.8 Å². The van der Waals surface area contributed by atoms with Crippen molar-refractivity contribution >= 4 is 5.69 Å². The maximum Gasteiger partial charge on any atom is 0.0432 e. The smallest absolute Gasteiger partial charge is 0.0432 e. The Bertz CT molecular complexity index is 494. The highest BCUT2D eigenvalue weighted by Crippen LogP contribution is 2.18. The molecule has 0 aliphatic rings. The normalized spacial score (nSPS) is 10.4. The van der Waals surface area contributed by atoms with Gasteiger partial charge in [0.15, 0.2) is 0 Å². The van der Waals surface area contributed by atoms with E-state index in [0.717, 1.165) is 19.5 Å². The van der Waals surface area contributed by atoms with E-state index in [9.17, 15) is 0 Å². The number of nitrogens with zero attached hydrogens (tertiary/aromatic N) is 1. The Labute approximate surface area is 115 Å². The molecule has 2 N–H and O–H groups in total. The molecular weight excluding hydrogens is 232 g/mol. The average Bonchev–Trinajstić information content (AvgIpc) is 2.47. The minimum atomic E-state index is 0.703. The summed E-state index contributed by atoms with van der Waals surface area (Å²) in [5.74, 6) is 0. The molecule has 0 fully saturated rings. The zero-order valence-corrected chi connectivity index (χ0v) is 11.5. The molecule has 2 rings (SSSR count). The summed E-state index contributed by atoms with van der Waals surface area (Å²) in [4.78, 5) is 2.38. The molecule has 0 heterocycles. The highest BCUT2D eigenvalue weighted by atomic mass is 15.1. The molecular formula is C17H22N2. The van der Waals surface area contributed by atoms with Crippen molar-refractivity contribution in [2.24, 2.45) is 5.73 Å². The highest BCUT2D eigenvalue weighted by molar-refractivity contribution is 5.47. The van der Waals surface area contributed by atoms with Gasteiger partial charge in [-0.15, -0.1) is 0 Å². The number of rotatable bonds is 6. The Morgan fingerprint density at radius 1 is 0.895 bits per heavy atom. The van der Waals surface area contributed by atoms with Crippen molar-refractivity contribution in [1.29, 1.82) is 0 Å². The molecule has 0 saturated heterocycles. The lowest BCUT2D eigenvalue weighted by Gasteiger charge is -2.24. The number of hydrogen-bond acceptors (Lipinski definition) is 2. The van der Waals surface area contributed by atoms with Crippen LogP contribution in [0.2, 0.25) is 0 Å². The molecule has 2 heteroatoms. The molecule has 0 amide bonds. The highest BCUT2D eigenvalue weighted by Gasteiger charge is 2.07. The maximum atomic E-state index is 5.69. The van der Waals surface area contributed by atoms with Gasteiger partial charge in [-0.05, 0) is 43.1 Å². The van der Waals surface area contributed by atoms with Crippen LogP contribution in [0.3, 0.4) is 0 Å². The lowest BCUT2D eigenvalue weighted by molar-refractivity contribution is 0.816. The van der Waals surface area contributed by atoms with Crippen LogP contribution in [0.25, 0.3) is 0 Å². The van der Waals surface area contributed by atoms with E-state index in [0.29, 0.717) is 6.54 Å². The molecule has 2 nitrogen and oxygen atoms in total. The Morgan fingerprint density at radius 2 is 1.53 bits per heavy atom. The van der Waals surface area contributed by atoms with E-state index in [-0.39, 0.29) is 0 Å². The molecule has 0 aromatic heterocycles. The fourth-order valence-corrected chi connectivity index (χ4v) is 2.34. The second-order valence-corrected chi connectivity index (χ2v) is 4.66.